The first-order valence-corrected chi connectivity index (χ1v) is 8.40. The molecule has 1 aliphatic heterocycles. The van der Waals surface area contributed by atoms with Crippen LogP contribution < -0.4 is 5.32 Å². The molecule has 2 aromatic heterocycles. The van der Waals surface area contributed by atoms with E-state index in [2.05, 4.69) is 44.7 Å². The summed E-state index contributed by atoms with van der Waals surface area (Å²) in [5.41, 5.74) is 4.06. The van der Waals surface area contributed by atoms with Gasteiger partial charge in [0.1, 0.15) is 5.82 Å². The first kappa shape index (κ1) is 14.2. The van der Waals surface area contributed by atoms with Gasteiger partial charge in [-0.1, -0.05) is 30.3 Å². The third-order valence-electron chi connectivity index (χ3n) is 3.98. The lowest BCUT2D eigenvalue weighted by molar-refractivity contribution is 0.102. The Morgan fingerprint density at radius 3 is 2.91 bits per heavy atom. The molecule has 0 spiro atoms. The molecule has 0 saturated heterocycles. The summed E-state index contributed by atoms with van der Waals surface area (Å²) < 4.78 is 0. The molecule has 0 saturated carbocycles. The average molecular weight is 324 g/mol. The molecule has 0 radical (unpaired) electrons. The molecule has 0 atom stereocenters. The number of hydrogen-bond acceptors (Lipinski definition) is 4. The van der Waals surface area contributed by atoms with Crippen molar-refractivity contribution >= 4 is 23.1 Å². The number of amides is 1. The minimum absolute atomic E-state index is 0.0980. The van der Waals surface area contributed by atoms with Crippen molar-refractivity contribution in [1.29, 1.82) is 0 Å². The normalized spacial score (nSPS) is 13.9. The summed E-state index contributed by atoms with van der Waals surface area (Å²) in [6.45, 7) is 2.48. The van der Waals surface area contributed by atoms with Crippen LogP contribution in [0.5, 0.6) is 0 Å². The zero-order valence-electron chi connectivity index (χ0n) is 12.5. The highest BCUT2D eigenvalue weighted by Gasteiger charge is 2.26. The summed E-state index contributed by atoms with van der Waals surface area (Å²) in [5.74, 6) is 0.617. The van der Waals surface area contributed by atoms with Gasteiger partial charge in [0.15, 0.2) is 0 Å². The van der Waals surface area contributed by atoms with Crippen LogP contribution in [-0.2, 0) is 19.6 Å². The molecule has 3 heterocycles. The Morgan fingerprint density at radius 1 is 1.26 bits per heavy atom. The molecule has 0 fully saturated rings. The predicted molar refractivity (Wildman–Crippen MR) is 90.3 cm³/mol. The lowest BCUT2D eigenvalue weighted by Crippen LogP contribution is -2.17. The van der Waals surface area contributed by atoms with E-state index in [0.29, 0.717) is 11.4 Å². The number of benzene rings is 1. The molecule has 1 amide bonds. The molecule has 0 unspecified atom stereocenters. The maximum atomic E-state index is 12.2. The fraction of sp³-hybridized carbons (Fsp3) is 0.176. The van der Waals surface area contributed by atoms with Gasteiger partial charge in [-0.15, -0.1) is 0 Å². The molecule has 4 rings (SSSR count). The number of nitrogens with zero attached hydrogens (tertiary/aromatic N) is 2. The Balaban J connectivity index is 1.46. The fourth-order valence-corrected chi connectivity index (χ4v) is 3.47. The molecule has 3 aromatic rings. The van der Waals surface area contributed by atoms with Gasteiger partial charge in [0, 0.05) is 30.6 Å². The minimum Gasteiger partial charge on any atom is -0.307 e. The van der Waals surface area contributed by atoms with Crippen LogP contribution in [0.25, 0.3) is 0 Å². The van der Waals surface area contributed by atoms with Gasteiger partial charge in [0.25, 0.3) is 5.91 Å². The predicted octanol–water partition coefficient (Wildman–Crippen LogP) is 3.24. The number of carbonyl (C=O) groups excluding carboxylic acids is 1. The summed E-state index contributed by atoms with van der Waals surface area (Å²) in [6.07, 6.45) is 0. The monoisotopic (exact) mass is 324 g/mol. The van der Waals surface area contributed by atoms with Crippen LogP contribution in [0.4, 0.5) is 5.82 Å². The van der Waals surface area contributed by atoms with Gasteiger partial charge in [0.05, 0.1) is 11.3 Å². The van der Waals surface area contributed by atoms with Gasteiger partial charge in [-0.2, -0.15) is 16.4 Å². The molecule has 5 nitrogen and oxygen atoms in total. The second-order valence-electron chi connectivity index (χ2n) is 5.62. The Kier molecular flexibility index (Phi) is 3.69. The smallest absolute Gasteiger partial charge is 0.257 e. The van der Waals surface area contributed by atoms with E-state index in [1.54, 1.807) is 0 Å². The van der Waals surface area contributed by atoms with Gasteiger partial charge < -0.3 is 5.32 Å². The van der Waals surface area contributed by atoms with E-state index >= 15 is 0 Å². The third kappa shape index (κ3) is 2.91. The maximum Gasteiger partial charge on any atom is 0.257 e. The third-order valence-corrected chi connectivity index (χ3v) is 4.66. The van der Waals surface area contributed by atoms with Crippen molar-refractivity contribution in [2.75, 3.05) is 5.32 Å². The van der Waals surface area contributed by atoms with Gasteiger partial charge in [-0.3, -0.25) is 14.8 Å². The standard InChI is InChI=1S/C17H16N4OS/c22-17(13-6-7-23-11-13)18-16-14-9-21(10-15(14)19-20-16)8-12-4-2-1-3-5-12/h1-7,11H,8-10H2,(H2,18,19,20,22). The highest BCUT2D eigenvalue weighted by atomic mass is 32.1. The highest BCUT2D eigenvalue weighted by molar-refractivity contribution is 7.08. The van der Waals surface area contributed by atoms with Crippen molar-refractivity contribution < 1.29 is 4.79 Å². The van der Waals surface area contributed by atoms with Crippen LogP contribution >= 0.6 is 11.3 Å². The molecule has 23 heavy (non-hydrogen) atoms. The van der Waals surface area contributed by atoms with Gasteiger partial charge in [-0.05, 0) is 17.0 Å². The number of thiophene rings is 1. The number of rotatable bonds is 4. The van der Waals surface area contributed by atoms with E-state index in [9.17, 15) is 4.79 Å². The number of fused-ring (bicyclic) bond motifs is 1. The largest absolute Gasteiger partial charge is 0.307 e. The first-order chi connectivity index (χ1) is 11.3. The van der Waals surface area contributed by atoms with Crippen molar-refractivity contribution in [1.82, 2.24) is 15.1 Å². The number of nitrogens with one attached hydrogen (secondary N) is 2. The van der Waals surface area contributed by atoms with Crippen LogP contribution in [0.15, 0.2) is 47.2 Å². The van der Waals surface area contributed by atoms with Crippen molar-refractivity contribution in [2.45, 2.75) is 19.6 Å². The molecule has 116 valence electrons. The van der Waals surface area contributed by atoms with Gasteiger partial charge >= 0.3 is 0 Å². The van der Waals surface area contributed by atoms with E-state index in [0.717, 1.165) is 30.9 Å². The van der Waals surface area contributed by atoms with Gasteiger partial charge in [-0.25, -0.2) is 0 Å². The number of carbonyl (C=O) groups is 1. The minimum atomic E-state index is -0.0980. The van der Waals surface area contributed by atoms with E-state index in [-0.39, 0.29) is 5.91 Å². The second kappa shape index (κ2) is 5.98. The van der Waals surface area contributed by atoms with Crippen LogP contribution in [0.1, 0.15) is 27.2 Å². The summed E-state index contributed by atoms with van der Waals surface area (Å²) in [5, 5.41) is 14.0. The topological polar surface area (TPSA) is 61.0 Å². The maximum absolute atomic E-state index is 12.2. The summed E-state index contributed by atoms with van der Waals surface area (Å²) in [4.78, 5) is 14.5. The quantitative estimate of drug-likeness (QED) is 0.774. The summed E-state index contributed by atoms with van der Waals surface area (Å²) in [6, 6.07) is 12.2. The van der Waals surface area contributed by atoms with Gasteiger partial charge in [0.2, 0.25) is 0 Å². The fourth-order valence-electron chi connectivity index (χ4n) is 2.83. The zero-order chi connectivity index (χ0) is 15.6. The second-order valence-corrected chi connectivity index (χ2v) is 6.40. The number of aromatic amines is 1. The molecular formula is C17H16N4OS. The van der Waals surface area contributed by atoms with Crippen molar-refractivity contribution in [3.8, 4) is 0 Å². The van der Waals surface area contributed by atoms with Crippen molar-refractivity contribution in [2.24, 2.45) is 0 Å². The Hall–Kier alpha value is -2.44. The average Bonchev–Trinajstić information content (AvgIpc) is 3.27. The van der Waals surface area contributed by atoms with Crippen molar-refractivity contribution in [3.63, 3.8) is 0 Å². The van der Waals surface area contributed by atoms with E-state index < -0.39 is 0 Å². The lowest BCUT2D eigenvalue weighted by Gasteiger charge is -2.15. The molecule has 1 aliphatic rings. The van der Waals surface area contributed by atoms with E-state index in [1.165, 1.54) is 16.9 Å². The van der Waals surface area contributed by atoms with E-state index in [1.807, 2.05) is 22.9 Å². The Morgan fingerprint density at radius 2 is 2.13 bits per heavy atom. The van der Waals surface area contributed by atoms with Crippen LogP contribution in [0.2, 0.25) is 0 Å². The summed E-state index contributed by atoms with van der Waals surface area (Å²) in [7, 11) is 0. The SMILES string of the molecule is O=C(Nc1[nH]nc2c1CN(Cc1ccccc1)C2)c1ccsc1. The van der Waals surface area contributed by atoms with Crippen LogP contribution in [-0.4, -0.2) is 21.0 Å². The number of anilines is 1. The highest BCUT2D eigenvalue weighted by Crippen LogP contribution is 2.28. The molecule has 0 bridgehead atoms. The number of hydrogen-bond donors (Lipinski definition) is 2. The lowest BCUT2D eigenvalue weighted by atomic mass is 10.2. The number of H-pyrrole nitrogens is 1. The number of aromatic nitrogens is 2. The first-order valence-electron chi connectivity index (χ1n) is 7.45. The Bertz CT molecular complexity index is 811. The zero-order valence-corrected chi connectivity index (χ0v) is 13.3. The summed E-state index contributed by atoms with van der Waals surface area (Å²) >= 11 is 1.51. The van der Waals surface area contributed by atoms with Crippen LogP contribution in [0.3, 0.4) is 0 Å². The van der Waals surface area contributed by atoms with E-state index in [4.69, 9.17) is 0 Å². The van der Waals surface area contributed by atoms with Crippen molar-refractivity contribution in [3.05, 3.63) is 69.5 Å². The molecule has 6 heteroatoms. The molecule has 2 N–H and O–H groups in total. The molecule has 0 aliphatic carbocycles. The van der Waals surface area contributed by atoms with Crippen LogP contribution in [0, 0.1) is 0 Å². The molecule has 1 aromatic carbocycles. The Labute approximate surface area is 138 Å². The molecular weight excluding hydrogens is 308 g/mol.